The zero-order chi connectivity index (χ0) is 12.7. The van der Waals surface area contributed by atoms with Crippen molar-refractivity contribution in [2.24, 2.45) is 0 Å². The molecule has 2 rings (SSSR count). The number of nitrogens with one attached hydrogen (secondary N) is 1. The monoisotopic (exact) mass is 223 g/mol. The molecule has 0 spiro atoms. The van der Waals surface area contributed by atoms with Crippen molar-refractivity contribution in [1.29, 1.82) is 0 Å². The van der Waals surface area contributed by atoms with Gasteiger partial charge in [0.15, 0.2) is 6.10 Å². The number of carbonyl (C=O) groups is 1. The number of fused-ring (bicyclic) bond motifs is 1. The van der Waals surface area contributed by atoms with E-state index in [1.807, 2.05) is 46.8 Å². The molecule has 1 amide bonds. The standard InChI is InChI=1S/C9H9NO2.2C2H6/c1-5-2-3-7-6(4-5)8(11)9(12)10-7;2*1-2/h2-4,8,11H,1H3,(H,10,12);2*1-2H3. The van der Waals surface area contributed by atoms with Crippen LogP contribution in [0.2, 0.25) is 0 Å². The number of aliphatic hydroxyl groups is 1. The molecule has 16 heavy (non-hydrogen) atoms. The van der Waals surface area contributed by atoms with E-state index in [1.54, 1.807) is 6.07 Å². The molecule has 0 radical (unpaired) electrons. The van der Waals surface area contributed by atoms with Crippen LogP contribution >= 0.6 is 0 Å². The van der Waals surface area contributed by atoms with Gasteiger partial charge in [-0.1, -0.05) is 45.4 Å². The minimum absolute atomic E-state index is 0.337. The van der Waals surface area contributed by atoms with E-state index in [2.05, 4.69) is 5.32 Å². The maximum absolute atomic E-state index is 11.0. The Labute approximate surface area is 97.5 Å². The van der Waals surface area contributed by atoms with E-state index in [0.717, 1.165) is 11.3 Å². The van der Waals surface area contributed by atoms with Crippen molar-refractivity contribution in [1.82, 2.24) is 0 Å². The van der Waals surface area contributed by atoms with Crippen LogP contribution in [0.1, 0.15) is 44.9 Å². The van der Waals surface area contributed by atoms with Gasteiger partial charge in [0, 0.05) is 11.3 Å². The summed E-state index contributed by atoms with van der Waals surface area (Å²) in [4.78, 5) is 11.0. The van der Waals surface area contributed by atoms with E-state index in [-0.39, 0.29) is 5.91 Å². The van der Waals surface area contributed by atoms with Gasteiger partial charge in [-0.05, 0) is 13.0 Å². The smallest absolute Gasteiger partial charge is 0.257 e. The number of aliphatic hydroxyl groups excluding tert-OH is 1. The molecule has 1 unspecified atom stereocenters. The zero-order valence-electron chi connectivity index (χ0n) is 10.7. The van der Waals surface area contributed by atoms with Gasteiger partial charge in [-0.3, -0.25) is 4.79 Å². The van der Waals surface area contributed by atoms with Crippen LogP contribution in [0.3, 0.4) is 0 Å². The van der Waals surface area contributed by atoms with Gasteiger partial charge in [0.2, 0.25) is 0 Å². The number of rotatable bonds is 0. The van der Waals surface area contributed by atoms with Crippen LogP contribution < -0.4 is 5.32 Å². The van der Waals surface area contributed by atoms with Crippen LogP contribution in [0.4, 0.5) is 5.69 Å². The van der Waals surface area contributed by atoms with E-state index in [9.17, 15) is 9.90 Å². The fourth-order valence-corrected chi connectivity index (χ4v) is 1.36. The van der Waals surface area contributed by atoms with E-state index in [1.165, 1.54) is 0 Å². The van der Waals surface area contributed by atoms with Crippen LogP contribution in [-0.4, -0.2) is 11.0 Å². The van der Waals surface area contributed by atoms with Crippen molar-refractivity contribution in [2.45, 2.75) is 40.7 Å². The lowest BCUT2D eigenvalue weighted by Gasteiger charge is -2.00. The highest BCUT2D eigenvalue weighted by molar-refractivity contribution is 6.01. The highest BCUT2D eigenvalue weighted by Gasteiger charge is 2.27. The molecule has 1 aliphatic heterocycles. The first-order valence-corrected chi connectivity index (χ1v) is 5.78. The largest absolute Gasteiger partial charge is 0.378 e. The fourth-order valence-electron chi connectivity index (χ4n) is 1.36. The normalized spacial score (nSPS) is 16.1. The predicted molar refractivity (Wildman–Crippen MR) is 67.5 cm³/mol. The average molecular weight is 223 g/mol. The van der Waals surface area contributed by atoms with E-state index in [4.69, 9.17) is 0 Å². The van der Waals surface area contributed by atoms with Crippen molar-refractivity contribution >= 4 is 11.6 Å². The number of hydrogen-bond acceptors (Lipinski definition) is 2. The Morgan fingerprint density at radius 3 is 2.31 bits per heavy atom. The molecule has 0 aromatic heterocycles. The number of aryl methyl sites for hydroxylation is 1. The Kier molecular flexibility index (Phi) is 6.42. The average Bonchev–Trinajstić information content (AvgIpc) is 2.61. The third-order valence-corrected chi connectivity index (χ3v) is 2.01. The Morgan fingerprint density at radius 1 is 1.19 bits per heavy atom. The van der Waals surface area contributed by atoms with Gasteiger partial charge in [-0.2, -0.15) is 0 Å². The number of hydrogen-bond donors (Lipinski definition) is 2. The maximum atomic E-state index is 11.0. The van der Waals surface area contributed by atoms with Gasteiger partial charge < -0.3 is 10.4 Å². The molecular formula is C13H21NO2. The molecule has 1 aromatic carbocycles. The summed E-state index contributed by atoms with van der Waals surface area (Å²) < 4.78 is 0. The minimum Gasteiger partial charge on any atom is -0.378 e. The van der Waals surface area contributed by atoms with Crippen molar-refractivity contribution in [2.75, 3.05) is 5.32 Å². The Bertz CT molecular complexity index is 348. The highest BCUT2D eigenvalue weighted by atomic mass is 16.3. The summed E-state index contributed by atoms with van der Waals surface area (Å²) in [5.41, 5.74) is 2.45. The van der Waals surface area contributed by atoms with Gasteiger partial charge in [0.1, 0.15) is 0 Å². The van der Waals surface area contributed by atoms with E-state index < -0.39 is 6.10 Å². The number of anilines is 1. The lowest BCUT2D eigenvalue weighted by molar-refractivity contribution is -0.123. The van der Waals surface area contributed by atoms with Crippen LogP contribution in [-0.2, 0) is 4.79 Å². The predicted octanol–water partition coefficient (Wildman–Crippen LogP) is 3.03. The molecule has 1 aliphatic rings. The molecule has 0 bridgehead atoms. The molecule has 90 valence electrons. The molecule has 3 nitrogen and oxygen atoms in total. The summed E-state index contributed by atoms with van der Waals surface area (Å²) in [6.45, 7) is 9.93. The summed E-state index contributed by atoms with van der Waals surface area (Å²) in [7, 11) is 0. The van der Waals surface area contributed by atoms with Crippen molar-refractivity contribution in [3.63, 3.8) is 0 Å². The van der Waals surface area contributed by atoms with Crippen LogP contribution in [0.5, 0.6) is 0 Å². The van der Waals surface area contributed by atoms with Crippen molar-refractivity contribution in [3.8, 4) is 0 Å². The van der Waals surface area contributed by atoms with E-state index >= 15 is 0 Å². The van der Waals surface area contributed by atoms with Crippen LogP contribution in [0.25, 0.3) is 0 Å². The molecule has 1 heterocycles. The fraction of sp³-hybridized carbons (Fsp3) is 0.462. The Balaban J connectivity index is 0.000000509. The third kappa shape index (κ3) is 3.07. The summed E-state index contributed by atoms with van der Waals surface area (Å²) in [5.74, 6) is -0.337. The first-order valence-electron chi connectivity index (χ1n) is 5.78. The molecule has 1 atom stereocenters. The molecule has 2 N–H and O–H groups in total. The highest BCUT2D eigenvalue weighted by Crippen LogP contribution is 2.30. The molecule has 0 aliphatic carbocycles. The molecule has 0 saturated heterocycles. The number of amides is 1. The second kappa shape index (κ2) is 7.01. The van der Waals surface area contributed by atoms with Gasteiger partial charge >= 0.3 is 0 Å². The Hall–Kier alpha value is -1.35. The molecular weight excluding hydrogens is 202 g/mol. The molecule has 3 heteroatoms. The lowest BCUT2D eigenvalue weighted by atomic mass is 10.1. The summed E-state index contributed by atoms with van der Waals surface area (Å²) >= 11 is 0. The van der Waals surface area contributed by atoms with Gasteiger partial charge in [0.05, 0.1) is 0 Å². The van der Waals surface area contributed by atoms with E-state index in [0.29, 0.717) is 5.56 Å². The Morgan fingerprint density at radius 2 is 1.75 bits per heavy atom. The van der Waals surface area contributed by atoms with Gasteiger partial charge in [-0.25, -0.2) is 0 Å². The summed E-state index contributed by atoms with van der Waals surface area (Å²) in [5, 5.41) is 11.9. The van der Waals surface area contributed by atoms with Gasteiger partial charge in [0.25, 0.3) is 5.91 Å². The second-order valence-corrected chi connectivity index (χ2v) is 2.98. The summed E-state index contributed by atoms with van der Waals surface area (Å²) in [6, 6.07) is 5.52. The minimum atomic E-state index is -0.986. The first-order chi connectivity index (χ1) is 7.68. The molecule has 0 saturated carbocycles. The molecule has 1 aromatic rings. The van der Waals surface area contributed by atoms with Crippen LogP contribution in [0.15, 0.2) is 18.2 Å². The SMILES string of the molecule is CC.CC.Cc1ccc2c(c1)C(O)C(=O)N2. The van der Waals surface area contributed by atoms with Crippen LogP contribution in [0, 0.1) is 6.92 Å². The first kappa shape index (κ1) is 14.6. The maximum Gasteiger partial charge on any atom is 0.257 e. The van der Waals surface area contributed by atoms with Crippen molar-refractivity contribution < 1.29 is 9.90 Å². The number of benzene rings is 1. The quantitative estimate of drug-likeness (QED) is 0.710. The third-order valence-electron chi connectivity index (χ3n) is 2.01. The topological polar surface area (TPSA) is 49.3 Å². The summed E-state index contributed by atoms with van der Waals surface area (Å²) in [6.07, 6.45) is -0.986. The zero-order valence-corrected chi connectivity index (χ0v) is 10.7. The van der Waals surface area contributed by atoms with Gasteiger partial charge in [-0.15, -0.1) is 0 Å². The number of carbonyl (C=O) groups excluding carboxylic acids is 1. The van der Waals surface area contributed by atoms with Crippen molar-refractivity contribution in [3.05, 3.63) is 29.3 Å². The lowest BCUT2D eigenvalue weighted by Crippen LogP contribution is -2.10. The second-order valence-electron chi connectivity index (χ2n) is 2.98. The molecule has 0 fully saturated rings.